The number of hydrogen-bond acceptors (Lipinski definition) is 4. The van der Waals surface area contributed by atoms with E-state index < -0.39 is 0 Å². The van der Waals surface area contributed by atoms with Crippen LogP contribution in [0.2, 0.25) is 0 Å². The Bertz CT molecular complexity index is 511. The minimum Gasteiger partial charge on any atom is -0.326 e. The molecule has 3 rings (SSSR count). The SMILES string of the molecule is Cn1ccc(-c2nnc3n2CC(N)CC3)n1. The van der Waals surface area contributed by atoms with Gasteiger partial charge < -0.3 is 10.3 Å². The zero-order valence-corrected chi connectivity index (χ0v) is 9.17. The first-order valence-corrected chi connectivity index (χ1v) is 5.42. The fourth-order valence-electron chi connectivity index (χ4n) is 2.08. The van der Waals surface area contributed by atoms with E-state index in [9.17, 15) is 0 Å². The highest BCUT2D eigenvalue weighted by molar-refractivity contribution is 5.48. The van der Waals surface area contributed by atoms with E-state index in [4.69, 9.17) is 5.73 Å². The Hall–Kier alpha value is -1.69. The van der Waals surface area contributed by atoms with E-state index in [1.54, 1.807) is 4.68 Å². The van der Waals surface area contributed by atoms with Crippen molar-refractivity contribution in [3.63, 3.8) is 0 Å². The van der Waals surface area contributed by atoms with Gasteiger partial charge in [-0.05, 0) is 12.5 Å². The lowest BCUT2D eigenvalue weighted by molar-refractivity contribution is 0.456. The van der Waals surface area contributed by atoms with Gasteiger partial charge in [0.1, 0.15) is 11.5 Å². The van der Waals surface area contributed by atoms with Crippen LogP contribution in [0, 0.1) is 0 Å². The van der Waals surface area contributed by atoms with Crippen molar-refractivity contribution in [1.29, 1.82) is 0 Å². The molecule has 0 radical (unpaired) electrons. The molecule has 1 unspecified atom stereocenters. The van der Waals surface area contributed by atoms with Crippen LogP contribution in [0.15, 0.2) is 12.3 Å². The Balaban J connectivity index is 2.06. The molecule has 1 aliphatic rings. The summed E-state index contributed by atoms with van der Waals surface area (Å²) >= 11 is 0. The van der Waals surface area contributed by atoms with Crippen LogP contribution in [0.5, 0.6) is 0 Å². The van der Waals surface area contributed by atoms with Crippen LogP contribution < -0.4 is 5.73 Å². The lowest BCUT2D eigenvalue weighted by Crippen LogP contribution is -2.32. The molecule has 6 heteroatoms. The minimum atomic E-state index is 0.200. The van der Waals surface area contributed by atoms with Crippen LogP contribution >= 0.6 is 0 Å². The topological polar surface area (TPSA) is 74.5 Å². The van der Waals surface area contributed by atoms with Gasteiger partial charge in [0.2, 0.25) is 0 Å². The number of rotatable bonds is 1. The molecule has 6 nitrogen and oxygen atoms in total. The summed E-state index contributed by atoms with van der Waals surface area (Å²) < 4.78 is 3.84. The molecule has 0 aliphatic carbocycles. The predicted octanol–water partition coefficient (Wildman–Crippen LogP) is -0.0479. The van der Waals surface area contributed by atoms with E-state index in [1.165, 1.54) is 0 Å². The van der Waals surface area contributed by atoms with Crippen LogP contribution in [-0.4, -0.2) is 30.6 Å². The van der Waals surface area contributed by atoms with Crippen molar-refractivity contribution in [2.24, 2.45) is 12.8 Å². The second-order valence-corrected chi connectivity index (χ2v) is 4.22. The molecule has 0 spiro atoms. The fraction of sp³-hybridized carbons (Fsp3) is 0.500. The van der Waals surface area contributed by atoms with Crippen molar-refractivity contribution in [2.45, 2.75) is 25.4 Å². The lowest BCUT2D eigenvalue weighted by Gasteiger charge is -2.20. The van der Waals surface area contributed by atoms with Gasteiger partial charge in [0.15, 0.2) is 5.82 Å². The van der Waals surface area contributed by atoms with Crippen molar-refractivity contribution >= 4 is 0 Å². The summed E-state index contributed by atoms with van der Waals surface area (Å²) in [6, 6.07) is 2.14. The molecule has 0 aromatic carbocycles. The van der Waals surface area contributed by atoms with Crippen LogP contribution in [-0.2, 0) is 20.0 Å². The largest absolute Gasteiger partial charge is 0.326 e. The molecule has 0 bridgehead atoms. The number of nitrogens with zero attached hydrogens (tertiary/aromatic N) is 5. The molecular weight excluding hydrogens is 204 g/mol. The molecule has 1 aliphatic heterocycles. The maximum absolute atomic E-state index is 5.96. The average Bonchev–Trinajstić information content (AvgIpc) is 2.83. The van der Waals surface area contributed by atoms with E-state index in [1.807, 2.05) is 19.3 Å². The second-order valence-electron chi connectivity index (χ2n) is 4.22. The second kappa shape index (κ2) is 3.41. The molecule has 2 aromatic rings. The molecule has 84 valence electrons. The third-order valence-corrected chi connectivity index (χ3v) is 2.93. The lowest BCUT2D eigenvalue weighted by atomic mass is 10.1. The zero-order chi connectivity index (χ0) is 11.1. The first-order chi connectivity index (χ1) is 7.74. The van der Waals surface area contributed by atoms with Gasteiger partial charge >= 0.3 is 0 Å². The fourth-order valence-corrected chi connectivity index (χ4v) is 2.08. The quantitative estimate of drug-likeness (QED) is 0.728. The average molecular weight is 218 g/mol. The van der Waals surface area contributed by atoms with Crippen LogP contribution in [0.4, 0.5) is 0 Å². The van der Waals surface area contributed by atoms with E-state index in [0.717, 1.165) is 36.7 Å². The summed E-state index contributed by atoms with van der Waals surface area (Å²) in [5, 5.41) is 12.7. The number of fused-ring (bicyclic) bond motifs is 1. The number of nitrogens with two attached hydrogens (primary N) is 1. The predicted molar refractivity (Wildman–Crippen MR) is 58.5 cm³/mol. The highest BCUT2D eigenvalue weighted by atomic mass is 15.3. The molecule has 2 N–H and O–H groups in total. The van der Waals surface area contributed by atoms with E-state index in [0.29, 0.717) is 0 Å². The maximum atomic E-state index is 5.96. The van der Waals surface area contributed by atoms with Crippen LogP contribution in [0.1, 0.15) is 12.2 Å². The molecule has 16 heavy (non-hydrogen) atoms. The van der Waals surface area contributed by atoms with Crippen LogP contribution in [0.3, 0.4) is 0 Å². The number of aryl methyl sites for hydroxylation is 2. The van der Waals surface area contributed by atoms with Gasteiger partial charge in [-0.25, -0.2) is 0 Å². The molecule has 1 atom stereocenters. The summed E-state index contributed by atoms with van der Waals surface area (Å²) in [6.45, 7) is 0.786. The van der Waals surface area contributed by atoms with Crippen molar-refractivity contribution in [3.05, 3.63) is 18.1 Å². The Morgan fingerprint density at radius 1 is 1.44 bits per heavy atom. The maximum Gasteiger partial charge on any atom is 0.184 e. The smallest absolute Gasteiger partial charge is 0.184 e. The summed E-state index contributed by atoms with van der Waals surface area (Å²) in [4.78, 5) is 0. The molecule has 0 saturated heterocycles. The van der Waals surface area contributed by atoms with Gasteiger partial charge in [-0.15, -0.1) is 10.2 Å². The highest BCUT2D eigenvalue weighted by Crippen LogP contribution is 2.20. The Morgan fingerprint density at radius 3 is 3.06 bits per heavy atom. The first kappa shape index (κ1) is 9.53. The Kier molecular flexibility index (Phi) is 2.03. The third kappa shape index (κ3) is 1.42. The molecule has 2 aromatic heterocycles. The minimum absolute atomic E-state index is 0.200. The van der Waals surface area contributed by atoms with Crippen molar-refractivity contribution < 1.29 is 0 Å². The number of hydrogen-bond donors (Lipinski definition) is 1. The van der Waals surface area contributed by atoms with E-state index >= 15 is 0 Å². The van der Waals surface area contributed by atoms with Gasteiger partial charge in [0.05, 0.1) is 0 Å². The van der Waals surface area contributed by atoms with Crippen molar-refractivity contribution in [2.75, 3.05) is 0 Å². The highest BCUT2D eigenvalue weighted by Gasteiger charge is 2.21. The van der Waals surface area contributed by atoms with Gasteiger partial charge in [0.25, 0.3) is 0 Å². The number of aromatic nitrogens is 5. The van der Waals surface area contributed by atoms with Gasteiger partial charge in [-0.1, -0.05) is 0 Å². The molecule has 0 amide bonds. The Morgan fingerprint density at radius 2 is 2.31 bits per heavy atom. The third-order valence-electron chi connectivity index (χ3n) is 2.93. The standard InChI is InChI=1S/C10H14N6/c1-15-5-4-8(14-15)10-13-12-9-3-2-7(11)6-16(9)10/h4-5,7H,2-3,6,11H2,1H3. The summed E-state index contributed by atoms with van der Waals surface area (Å²) in [5.41, 5.74) is 6.82. The normalized spacial score (nSPS) is 19.8. The zero-order valence-electron chi connectivity index (χ0n) is 9.17. The van der Waals surface area contributed by atoms with Gasteiger partial charge in [-0.2, -0.15) is 5.10 Å². The molecular formula is C10H14N6. The Labute approximate surface area is 93.1 Å². The van der Waals surface area contributed by atoms with Crippen LogP contribution in [0.25, 0.3) is 11.5 Å². The van der Waals surface area contributed by atoms with Gasteiger partial charge in [-0.3, -0.25) is 4.68 Å². The molecule has 0 saturated carbocycles. The summed E-state index contributed by atoms with van der Waals surface area (Å²) in [7, 11) is 1.89. The summed E-state index contributed by atoms with van der Waals surface area (Å²) in [6.07, 6.45) is 3.79. The van der Waals surface area contributed by atoms with Crippen molar-refractivity contribution in [3.8, 4) is 11.5 Å². The molecule has 3 heterocycles. The molecule has 0 fully saturated rings. The van der Waals surface area contributed by atoms with Gasteiger partial charge in [0, 0.05) is 32.3 Å². The monoisotopic (exact) mass is 218 g/mol. The summed E-state index contributed by atoms with van der Waals surface area (Å²) in [5.74, 6) is 1.84. The first-order valence-electron chi connectivity index (χ1n) is 5.42. The van der Waals surface area contributed by atoms with E-state index in [2.05, 4.69) is 19.9 Å². The van der Waals surface area contributed by atoms with Crippen molar-refractivity contribution in [1.82, 2.24) is 24.5 Å². The van der Waals surface area contributed by atoms with E-state index in [-0.39, 0.29) is 6.04 Å².